The summed E-state index contributed by atoms with van der Waals surface area (Å²) in [7, 11) is 0. The summed E-state index contributed by atoms with van der Waals surface area (Å²) in [6.07, 6.45) is 6.62. The van der Waals surface area contributed by atoms with Gasteiger partial charge >= 0.3 is 21.1 Å². The van der Waals surface area contributed by atoms with Crippen molar-refractivity contribution in [3.05, 3.63) is 378 Å². The molecule has 3 aliphatic rings. The Hall–Kier alpha value is -11.9. The van der Waals surface area contributed by atoms with Gasteiger partial charge in [-0.1, -0.05) is 268 Å². The molecule has 0 spiro atoms. The van der Waals surface area contributed by atoms with Gasteiger partial charge in [0.15, 0.2) is 17.4 Å². The molecule has 1 aliphatic carbocycles. The van der Waals surface area contributed by atoms with Crippen LogP contribution in [0.3, 0.4) is 0 Å². The largest absolute Gasteiger partial charge is 2.00 e. The van der Waals surface area contributed by atoms with E-state index < -0.39 is 0 Å². The summed E-state index contributed by atoms with van der Waals surface area (Å²) in [4.78, 5) is 45.3. The van der Waals surface area contributed by atoms with E-state index in [0.717, 1.165) is 84.3 Å². The number of pyridine rings is 4. The topological polar surface area (TPSA) is 136 Å². The molecule has 0 saturated carbocycles. The van der Waals surface area contributed by atoms with Crippen LogP contribution in [0.4, 0.5) is 17.1 Å². The minimum atomic E-state index is -0.248. The summed E-state index contributed by atoms with van der Waals surface area (Å²) < 4.78 is 2.58. The zero-order chi connectivity index (χ0) is 78.6. The van der Waals surface area contributed by atoms with Gasteiger partial charge in [0.25, 0.3) is 0 Å². The van der Waals surface area contributed by atoms with E-state index in [1.165, 1.54) is 108 Å². The van der Waals surface area contributed by atoms with Crippen molar-refractivity contribution in [1.82, 2.24) is 39.5 Å². The van der Waals surface area contributed by atoms with Gasteiger partial charge in [0.1, 0.15) is 5.82 Å². The molecule has 0 fully saturated rings. The van der Waals surface area contributed by atoms with Gasteiger partial charge in [-0.25, -0.2) is 15.0 Å². The van der Waals surface area contributed by atoms with E-state index >= 15 is 0 Å². The summed E-state index contributed by atoms with van der Waals surface area (Å²) in [6, 6.07) is 111. The fourth-order valence-electron chi connectivity index (χ4n) is 16.2. The first kappa shape index (κ1) is 88.9. The van der Waals surface area contributed by atoms with Gasteiger partial charge in [0, 0.05) is 103 Å². The molecule has 0 atom stereocenters. The number of hydrogen-bond acceptors (Lipinski definition) is 10. The first-order valence-electron chi connectivity index (χ1n) is 38.4. The van der Waals surface area contributed by atoms with Crippen molar-refractivity contribution >= 4 is 55.6 Å². The number of benzene rings is 11. The Morgan fingerprint density at radius 2 is 0.858 bits per heavy atom. The maximum absolute atomic E-state index is 10.0. The fourth-order valence-corrected chi connectivity index (χ4v) is 16.2. The number of aromatic nitrogens is 8. The molecule has 0 saturated heterocycles. The van der Waals surface area contributed by atoms with Crippen molar-refractivity contribution in [1.29, 1.82) is 0 Å². The van der Waals surface area contributed by atoms with Gasteiger partial charge < -0.3 is 29.5 Å². The number of aryl methyl sites for hydroxylation is 2. The number of allylic oxidation sites excluding steroid dienone is 2. The molecule has 0 unspecified atom stereocenters. The predicted molar refractivity (Wildman–Crippen MR) is 482 cm³/mol. The Balaban J connectivity index is 0.000000174. The molecule has 14 heteroatoms. The molecule has 8 heterocycles. The number of ketones is 1. The SMILES string of the molecule is C.C.C.CC(=O)C=C(C)O.CC1(C)c2cc(N(c3[c-]c(-c4ccccn4)ccc3)c3[c-]c(-c4ccccn4)ccc3)cc3c2-n2c4c1cccc4c1cccc(c12)C3(C)C.CC1(C)c2ccccc2-c2c[c-]c(-c3ccc4ccccc4n3)cc21.Cc1ccc(-c2nc(-c3c[c-]c(-c4ccccn4)cc3)nc(-c3ccc(C)cc3)n2)cc1.[Ir].[Ir].[Pt+2]. The molecule has 2 aliphatic heterocycles. The first-order chi connectivity index (χ1) is 55.2. The monoisotopic (exact) mass is 2100 g/mol. The zero-order valence-corrected chi connectivity index (χ0v) is 73.3. The Labute approximate surface area is 746 Å². The van der Waals surface area contributed by atoms with Crippen LogP contribution in [0, 0.1) is 38.1 Å². The van der Waals surface area contributed by atoms with Gasteiger partial charge in [-0.15, -0.1) is 119 Å². The third-order valence-corrected chi connectivity index (χ3v) is 22.1. The molecule has 1 N–H and O–H groups in total. The third kappa shape index (κ3) is 17.1. The summed E-state index contributed by atoms with van der Waals surface area (Å²) in [5.74, 6) is 1.86. The summed E-state index contributed by atoms with van der Waals surface area (Å²) in [5.41, 5.74) is 30.9. The maximum Gasteiger partial charge on any atom is 2.00 e. The fraction of sp³-hybridized carbons (Fsp3) is 0.151. The van der Waals surface area contributed by atoms with Gasteiger partial charge in [0.2, 0.25) is 0 Å². The molecule has 11 aromatic carbocycles. The molecule has 11 nitrogen and oxygen atoms in total. The molecule has 0 bridgehead atoms. The van der Waals surface area contributed by atoms with Crippen LogP contribution >= 0.6 is 0 Å². The second-order valence-corrected chi connectivity index (χ2v) is 30.9. The molecule has 0 amide bonds. The molecule has 2 radical (unpaired) electrons. The van der Waals surface area contributed by atoms with Gasteiger partial charge in [-0.05, 0) is 137 Å². The number of nitrogens with zero attached hydrogens (tertiary/aromatic N) is 9. The summed E-state index contributed by atoms with van der Waals surface area (Å²) in [5, 5.41) is 12.2. The zero-order valence-electron chi connectivity index (χ0n) is 66.2. The second-order valence-electron chi connectivity index (χ2n) is 30.9. The number of rotatable bonds is 11. The smallest absolute Gasteiger partial charge is 0.512 e. The van der Waals surface area contributed by atoms with Crippen LogP contribution in [0.25, 0.3) is 129 Å². The minimum Gasteiger partial charge on any atom is -0.512 e. The van der Waals surface area contributed by atoms with E-state index in [1.54, 1.807) is 6.20 Å². The van der Waals surface area contributed by atoms with E-state index in [1.807, 2.05) is 122 Å². The van der Waals surface area contributed by atoms with Crippen molar-refractivity contribution in [2.75, 3.05) is 4.90 Å². The van der Waals surface area contributed by atoms with Crippen LogP contribution < -0.4 is 4.90 Å². The molecule has 17 aromatic rings. The summed E-state index contributed by atoms with van der Waals surface area (Å²) >= 11 is 0. The van der Waals surface area contributed by atoms with Crippen LogP contribution in [0.2, 0.25) is 0 Å². The van der Waals surface area contributed by atoms with Crippen LogP contribution in [0.15, 0.2) is 309 Å². The average Bonchev–Trinajstić information content (AvgIpc) is 1.46. The van der Waals surface area contributed by atoms with Crippen LogP contribution in [-0.4, -0.2) is 50.3 Å². The van der Waals surface area contributed by atoms with Gasteiger partial charge in [-0.3, -0.25) is 9.78 Å². The molecule has 20 rings (SSSR count). The van der Waals surface area contributed by atoms with E-state index in [2.05, 4.69) is 274 Å². The van der Waals surface area contributed by atoms with Crippen molar-refractivity contribution < 1.29 is 71.2 Å². The number of fused-ring (bicyclic) bond motifs is 5. The van der Waals surface area contributed by atoms with Crippen molar-refractivity contribution in [3.8, 4) is 96.0 Å². The van der Waals surface area contributed by atoms with Crippen molar-refractivity contribution in [2.24, 2.45) is 0 Å². The van der Waals surface area contributed by atoms with Crippen molar-refractivity contribution in [2.45, 2.75) is 108 Å². The quantitative estimate of drug-likeness (QED) is 0.0757. The normalized spacial score (nSPS) is 12.7. The van der Waals surface area contributed by atoms with Crippen LogP contribution in [0.5, 0.6) is 0 Å². The van der Waals surface area contributed by atoms with Crippen molar-refractivity contribution in [3.63, 3.8) is 0 Å². The van der Waals surface area contributed by atoms with E-state index in [9.17, 15) is 4.79 Å². The molecule has 120 heavy (non-hydrogen) atoms. The van der Waals surface area contributed by atoms with E-state index in [4.69, 9.17) is 25.0 Å². The van der Waals surface area contributed by atoms with E-state index in [0.29, 0.717) is 17.5 Å². The Morgan fingerprint density at radius 1 is 0.408 bits per heavy atom. The molecular weight excluding hydrogens is 2010 g/mol. The van der Waals surface area contributed by atoms with E-state index in [-0.39, 0.29) is 111 Å². The Bertz CT molecular complexity index is 6350. The van der Waals surface area contributed by atoms with Gasteiger partial charge in [0.05, 0.1) is 28.0 Å². The second kappa shape index (κ2) is 36.8. The van der Waals surface area contributed by atoms with Crippen LogP contribution in [0.1, 0.15) is 122 Å². The van der Waals surface area contributed by atoms with Gasteiger partial charge in [-0.2, -0.15) is 0 Å². The maximum atomic E-state index is 10.0. The molecule has 604 valence electrons. The third-order valence-electron chi connectivity index (χ3n) is 22.1. The number of anilines is 3. The number of carbonyl (C=O) groups is 1. The average molecular weight is 2100 g/mol. The number of hydrogen-bond donors (Lipinski definition) is 1. The molecular formula is C106H93Ir2N9O2Pt-2. The molecule has 6 aromatic heterocycles. The number of carbonyl (C=O) groups excluding carboxylic acids is 1. The number of para-hydroxylation sites is 3. The summed E-state index contributed by atoms with van der Waals surface area (Å²) in [6.45, 7) is 21.1. The number of aliphatic hydroxyl groups excluding tert-OH is 1. The van der Waals surface area contributed by atoms with Crippen LogP contribution in [-0.2, 0) is 82.3 Å². The number of aliphatic hydroxyl groups is 1. The minimum absolute atomic E-state index is 0. The first-order valence-corrected chi connectivity index (χ1v) is 38.4. The Kier molecular flexibility index (Phi) is 27.2. The Morgan fingerprint density at radius 3 is 1.34 bits per heavy atom. The standard InChI is InChI=1S/C46H34N4.C28H21N4.C24H18N.C5H8O2.3CH4.2Ir.Pt/c1-45(2)36-19-11-17-34-35-18-12-20-37-43(35)50(42(34)36)44-38(45)27-33(28-39(44)46(37,3)4)49(31-15-9-13-29(25-31)40-21-5-7-23-47-40)32-16-10-14-30(26-32)41-22-6-8-24-48-41;1-19-6-10-22(11-7-19)26-30-27(23-12-8-20(2)9-13-23)32-28(31-26)24-16-14-21(15-17-24)25-5-3-4-18-29-25;1-24(2)20-9-5-4-8-18(20)19-13-11-17(15-21(19)24)23-14-12-16-7-3-6-10-22(16)25-23;1-4(6)3-5(2)7;;;;;;/h5-24,27-28H,1-4H3;3-14,16-18H,1-2H3;3-10,12-15H,1-2H3;3,6H,1-2H3;3*1H4;;;/q-2;2*-1;;;;;;;+2. The predicted octanol–water partition coefficient (Wildman–Crippen LogP) is 26.6.